The molecule has 2 rings (SSSR count). The maximum Gasteiger partial charge on any atom is 0.248 e. The van der Waals surface area contributed by atoms with Crippen LogP contribution in [0.25, 0.3) is 0 Å². The van der Waals surface area contributed by atoms with Gasteiger partial charge in [0.1, 0.15) is 0 Å². The fourth-order valence-electron chi connectivity index (χ4n) is 3.30. The van der Waals surface area contributed by atoms with Gasteiger partial charge in [0.25, 0.3) is 0 Å². The molecule has 0 aromatic heterocycles. The molecule has 0 radical (unpaired) electrons. The Morgan fingerprint density at radius 3 is 2.84 bits per heavy atom. The van der Waals surface area contributed by atoms with Gasteiger partial charge in [-0.15, -0.1) is 24.0 Å². The number of likely N-dealkylation sites (tertiary alicyclic amines) is 1. The van der Waals surface area contributed by atoms with Crippen LogP contribution in [-0.4, -0.2) is 36.4 Å². The molecular weight excluding hydrogens is 427 g/mol. The van der Waals surface area contributed by atoms with Crippen LogP contribution in [0, 0.1) is 11.8 Å². The predicted molar refractivity (Wildman–Crippen MR) is 114 cm³/mol. The predicted octanol–water partition coefficient (Wildman–Crippen LogP) is 3.24. The first-order valence-corrected chi connectivity index (χ1v) is 8.91. The lowest BCUT2D eigenvalue weighted by Gasteiger charge is -2.22. The summed E-state index contributed by atoms with van der Waals surface area (Å²) in [4.78, 5) is 18.4. The molecule has 1 fully saturated rings. The van der Waals surface area contributed by atoms with E-state index in [0.29, 0.717) is 12.1 Å². The van der Waals surface area contributed by atoms with E-state index in [0.717, 1.165) is 43.0 Å². The van der Waals surface area contributed by atoms with E-state index >= 15 is 0 Å². The average Bonchev–Trinajstić information content (AvgIpc) is 2.99. The van der Waals surface area contributed by atoms with Crippen LogP contribution in [-0.2, 0) is 6.54 Å². The van der Waals surface area contributed by atoms with Crippen molar-refractivity contribution in [2.75, 3.05) is 19.6 Å². The van der Waals surface area contributed by atoms with Gasteiger partial charge in [0.15, 0.2) is 5.96 Å². The second kappa shape index (κ2) is 10.6. The maximum absolute atomic E-state index is 11.3. The number of hydrogen-bond acceptors (Lipinski definition) is 2. The molecule has 1 heterocycles. The second-order valence-electron chi connectivity index (χ2n) is 6.97. The van der Waals surface area contributed by atoms with Crippen LogP contribution < -0.4 is 11.1 Å². The lowest BCUT2D eigenvalue weighted by Crippen LogP contribution is -2.40. The smallest absolute Gasteiger partial charge is 0.248 e. The van der Waals surface area contributed by atoms with Gasteiger partial charge < -0.3 is 16.0 Å². The molecule has 0 bridgehead atoms. The van der Waals surface area contributed by atoms with Gasteiger partial charge in [-0.25, -0.2) is 4.99 Å². The highest BCUT2D eigenvalue weighted by atomic mass is 127. The van der Waals surface area contributed by atoms with Crippen molar-refractivity contribution in [3.8, 4) is 0 Å². The summed E-state index contributed by atoms with van der Waals surface area (Å²) >= 11 is 0. The molecule has 5 nitrogen and oxygen atoms in total. The fourth-order valence-corrected chi connectivity index (χ4v) is 3.30. The van der Waals surface area contributed by atoms with Crippen LogP contribution in [0.2, 0.25) is 0 Å². The van der Waals surface area contributed by atoms with Gasteiger partial charge in [-0.1, -0.05) is 26.0 Å². The van der Waals surface area contributed by atoms with Gasteiger partial charge in [0.2, 0.25) is 5.91 Å². The number of guanidine groups is 1. The minimum Gasteiger partial charge on any atom is -0.366 e. The number of aliphatic imine (C=N–C) groups is 1. The van der Waals surface area contributed by atoms with E-state index in [1.807, 2.05) is 18.2 Å². The third-order valence-electron chi connectivity index (χ3n) is 4.35. The molecule has 3 N–H and O–H groups in total. The van der Waals surface area contributed by atoms with Crippen molar-refractivity contribution < 1.29 is 4.79 Å². The molecule has 0 spiro atoms. The number of halogens is 1. The van der Waals surface area contributed by atoms with Crippen molar-refractivity contribution in [1.29, 1.82) is 0 Å². The molecule has 1 atom stereocenters. The third-order valence-corrected chi connectivity index (χ3v) is 4.35. The highest BCUT2D eigenvalue weighted by Gasteiger charge is 2.25. The van der Waals surface area contributed by atoms with Crippen LogP contribution in [0.1, 0.15) is 49.5 Å². The number of primary amides is 1. The average molecular weight is 458 g/mol. The second-order valence-corrected chi connectivity index (χ2v) is 6.97. The molecule has 25 heavy (non-hydrogen) atoms. The molecule has 1 aromatic rings. The van der Waals surface area contributed by atoms with Crippen molar-refractivity contribution in [2.24, 2.45) is 22.6 Å². The summed E-state index contributed by atoms with van der Waals surface area (Å²) < 4.78 is 0. The number of nitrogens with zero attached hydrogens (tertiary/aromatic N) is 2. The first-order valence-electron chi connectivity index (χ1n) is 8.91. The zero-order valence-electron chi connectivity index (χ0n) is 15.5. The Balaban J connectivity index is 0.00000312. The summed E-state index contributed by atoms with van der Waals surface area (Å²) in [5.41, 5.74) is 6.88. The Kier molecular flexibility index (Phi) is 9.24. The van der Waals surface area contributed by atoms with Crippen molar-refractivity contribution in [3.05, 3.63) is 35.4 Å². The summed E-state index contributed by atoms with van der Waals surface area (Å²) in [6, 6.07) is 7.39. The molecule has 0 aliphatic carbocycles. The molecule has 1 saturated heterocycles. The van der Waals surface area contributed by atoms with E-state index in [1.54, 1.807) is 6.07 Å². The van der Waals surface area contributed by atoms with Gasteiger partial charge in [-0.05, 0) is 49.3 Å². The highest BCUT2D eigenvalue weighted by molar-refractivity contribution is 14.0. The largest absolute Gasteiger partial charge is 0.366 e. The lowest BCUT2D eigenvalue weighted by atomic mass is 9.97. The highest BCUT2D eigenvalue weighted by Crippen LogP contribution is 2.23. The lowest BCUT2D eigenvalue weighted by molar-refractivity contribution is 0.1000. The Morgan fingerprint density at radius 2 is 2.20 bits per heavy atom. The van der Waals surface area contributed by atoms with Crippen LogP contribution in [0.4, 0.5) is 0 Å². The summed E-state index contributed by atoms with van der Waals surface area (Å²) in [6.07, 6.45) is 2.51. The molecule has 6 heteroatoms. The van der Waals surface area contributed by atoms with Crippen molar-refractivity contribution in [3.63, 3.8) is 0 Å². The zero-order valence-corrected chi connectivity index (χ0v) is 17.8. The maximum atomic E-state index is 11.3. The van der Waals surface area contributed by atoms with Gasteiger partial charge >= 0.3 is 0 Å². The van der Waals surface area contributed by atoms with E-state index in [4.69, 9.17) is 10.7 Å². The minimum absolute atomic E-state index is 0. The Morgan fingerprint density at radius 1 is 1.44 bits per heavy atom. The SMILES string of the molecule is CCNC(=NCc1cccc(C(N)=O)c1)N1CCC(CC(C)C)C1.I. The number of benzene rings is 1. The third kappa shape index (κ3) is 6.84. The van der Waals surface area contributed by atoms with Gasteiger partial charge in [-0.2, -0.15) is 0 Å². The molecule has 0 saturated carbocycles. The van der Waals surface area contributed by atoms with E-state index < -0.39 is 5.91 Å². The number of amides is 1. The first-order chi connectivity index (χ1) is 11.5. The van der Waals surface area contributed by atoms with Crippen LogP contribution in [0.15, 0.2) is 29.3 Å². The monoisotopic (exact) mass is 458 g/mol. The fraction of sp³-hybridized carbons (Fsp3) is 0.579. The van der Waals surface area contributed by atoms with E-state index in [2.05, 4.69) is 31.0 Å². The normalized spacial score (nSPS) is 17.5. The van der Waals surface area contributed by atoms with E-state index in [9.17, 15) is 4.79 Å². The standard InChI is InChI=1S/C19H30N4O.HI/c1-4-21-19(23-9-8-16(13-23)10-14(2)3)22-12-15-6-5-7-17(11-15)18(20)24;/h5-7,11,14,16H,4,8-10,12-13H2,1-3H3,(H2,20,24)(H,21,22);1H. The van der Waals surface area contributed by atoms with Crippen molar-refractivity contribution >= 4 is 35.8 Å². The Bertz CT molecular complexity index is 589. The van der Waals surface area contributed by atoms with Crippen LogP contribution >= 0.6 is 24.0 Å². The number of hydrogen-bond donors (Lipinski definition) is 2. The number of carbonyl (C=O) groups excluding carboxylic acids is 1. The summed E-state index contributed by atoms with van der Waals surface area (Å²) in [7, 11) is 0. The first kappa shape index (κ1) is 21.7. The molecule has 1 aliphatic heterocycles. The molecule has 1 unspecified atom stereocenters. The van der Waals surface area contributed by atoms with Gasteiger partial charge in [0, 0.05) is 25.2 Å². The van der Waals surface area contributed by atoms with Crippen molar-refractivity contribution in [2.45, 2.75) is 40.2 Å². The van der Waals surface area contributed by atoms with E-state index in [-0.39, 0.29) is 24.0 Å². The summed E-state index contributed by atoms with van der Waals surface area (Å²) in [5, 5.41) is 3.39. The van der Waals surface area contributed by atoms with Crippen molar-refractivity contribution in [1.82, 2.24) is 10.2 Å². The summed E-state index contributed by atoms with van der Waals surface area (Å²) in [5.74, 6) is 2.06. The van der Waals surface area contributed by atoms with Crippen LogP contribution in [0.5, 0.6) is 0 Å². The summed E-state index contributed by atoms with van der Waals surface area (Å²) in [6.45, 7) is 10.2. The molecule has 1 amide bonds. The molecule has 140 valence electrons. The van der Waals surface area contributed by atoms with Crippen LogP contribution in [0.3, 0.4) is 0 Å². The number of nitrogens with one attached hydrogen (secondary N) is 1. The number of rotatable bonds is 6. The quantitative estimate of drug-likeness (QED) is 0.391. The topological polar surface area (TPSA) is 70.7 Å². The van der Waals surface area contributed by atoms with Gasteiger partial charge in [0.05, 0.1) is 6.54 Å². The minimum atomic E-state index is -0.399. The Labute approximate surface area is 168 Å². The van der Waals surface area contributed by atoms with Gasteiger partial charge in [-0.3, -0.25) is 4.79 Å². The molecule has 1 aliphatic rings. The number of carbonyl (C=O) groups is 1. The van der Waals surface area contributed by atoms with E-state index in [1.165, 1.54) is 12.8 Å². The molecular formula is C19H31IN4O. The molecule has 1 aromatic carbocycles. The Hall–Kier alpha value is -1.31. The number of nitrogens with two attached hydrogens (primary N) is 1. The zero-order chi connectivity index (χ0) is 17.5.